The number of nitrogens with zero attached hydrogens (tertiary/aromatic N) is 5. The van der Waals surface area contributed by atoms with E-state index in [0.717, 1.165) is 16.6 Å². The first kappa shape index (κ1) is 20.7. The summed E-state index contributed by atoms with van der Waals surface area (Å²) in [6, 6.07) is 15.7. The van der Waals surface area contributed by atoms with E-state index in [1.54, 1.807) is 85.7 Å². The fraction of sp³-hybridized carbons (Fsp3) is 0.0870. The number of rotatable bonds is 5. The molecular formula is C23H19N7O2. The lowest BCUT2D eigenvalue weighted by molar-refractivity contribution is 0.0955. The van der Waals surface area contributed by atoms with Crippen LogP contribution >= 0.6 is 0 Å². The molecule has 0 spiro atoms. The van der Waals surface area contributed by atoms with Gasteiger partial charge in [0.2, 0.25) is 0 Å². The zero-order chi connectivity index (χ0) is 22.7. The molecule has 2 N–H and O–H groups in total. The molecule has 3 heterocycles. The smallest absolute Gasteiger partial charge is 0.272 e. The number of carbonyl (C=O) groups is 2. The van der Waals surface area contributed by atoms with E-state index < -0.39 is 0 Å². The van der Waals surface area contributed by atoms with E-state index in [0.29, 0.717) is 22.5 Å². The lowest BCUT2D eigenvalue weighted by Crippen LogP contribution is -2.40. The van der Waals surface area contributed by atoms with E-state index in [9.17, 15) is 9.59 Å². The van der Waals surface area contributed by atoms with Crippen molar-refractivity contribution in [2.24, 2.45) is 0 Å². The molecule has 0 atom stereocenters. The van der Waals surface area contributed by atoms with Crippen LogP contribution in [0.5, 0.6) is 0 Å². The van der Waals surface area contributed by atoms with Crippen LogP contribution in [0.3, 0.4) is 0 Å². The summed E-state index contributed by atoms with van der Waals surface area (Å²) in [5.74, 6) is -0.529. The van der Waals surface area contributed by atoms with Crippen molar-refractivity contribution in [2.45, 2.75) is 0 Å². The van der Waals surface area contributed by atoms with Gasteiger partial charge in [0.05, 0.1) is 29.0 Å². The van der Waals surface area contributed by atoms with Crippen molar-refractivity contribution in [3.8, 4) is 17.2 Å². The minimum atomic E-state index is -0.265. The first-order valence-corrected chi connectivity index (χ1v) is 9.73. The molecule has 1 aromatic carbocycles. The van der Waals surface area contributed by atoms with Gasteiger partial charge in [0, 0.05) is 43.2 Å². The van der Waals surface area contributed by atoms with Crippen molar-refractivity contribution in [3.05, 3.63) is 83.9 Å². The van der Waals surface area contributed by atoms with Gasteiger partial charge in [-0.1, -0.05) is 6.07 Å². The van der Waals surface area contributed by atoms with Gasteiger partial charge in [0.25, 0.3) is 11.8 Å². The lowest BCUT2D eigenvalue weighted by atomic mass is 10.1. The first-order chi connectivity index (χ1) is 15.5. The predicted molar refractivity (Wildman–Crippen MR) is 119 cm³/mol. The lowest BCUT2D eigenvalue weighted by Gasteiger charge is -2.21. The van der Waals surface area contributed by atoms with E-state index in [2.05, 4.69) is 26.9 Å². The Morgan fingerprint density at radius 1 is 1.06 bits per heavy atom. The number of hydrogen-bond acceptors (Lipinski definition) is 6. The van der Waals surface area contributed by atoms with E-state index in [-0.39, 0.29) is 11.8 Å². The maximum atomic E-state index is 13.2. The van der Waals surface area contributed by atoms with Crippen LogP contribution in [-0.2, 0) is 0 Å². The largest absolute Gasteiger partial charge is 0.354 e. The van der Waals surface area contributed by atoms with Crippen LogP contribution in [0.2, 0.25) is 0 Å². The Balaban J connectivity index is 1.69. The second-order valence-electron chi connectivity index (χ2n) is 6.84. The molecule has 3 aromatic heterocycles. The number of pyridine rings is 2. The number of hydrogen-bond donors (Lipinski definition) is 2. The normalized spacial score (nSPS) is 10.5. The first-order valence-electron chi connectivity index (χ1n) is 9.73. The fourth-order valence-corrected chi connectivity index (χ4v) is 3.31. The quantitative estimate of drug-likeness (QED) is 0.475. The van der Waals surface area contributed by atoms with Crippen molar-refractivity contribution in [2.75, 3.05) is 19.1 Å². The maximum Gasteiger partial charge on any atom is 0.272 e. The SMILES string of the molecule is CNC(=O)c1ccc(-c2cnn3ccc(C(=O)N(NC)c4ccc(C#N)cc4)cc23)cn1. The predicted octanol–water partition coefficient (Wildman–Crippen LogP) is 2.41. The highest BCUT2D eigenvalue weighted by Gasteiger charge is 2.18. The van der Waals surface area contributed by atoms with Crippen molar-refractivity contribution in [1.82, 2.24) is 25.3 Å². The Bertz CT molecular complexity index is 1340. The highest BCUT2D eigenvalue weighted by Crippen LogP contribution is 2.25. The summed E-state index contributed by atoms with van der Waals surface area (Å²) in [5.41, 5.74) is 7.06. The van der Waals surface area contributed by atoms with E-state index in [1.807, 2.05) is 0 Å². The number of anilines is 1. The van der Waals surface area contributed by atoms with Gasteiger partial charge in [-0.2, -0.15) is 10.4 Å². The molecule has 9 heteroatoms. The van der Waals surface area contributed by atoms with Gasteiger partial charge in [-0.05, 0) is 42.5 Å². The summed E-state index contributed by atoms with van der Waals surface area (Å²) in [7, 11) is 3.20. The molecule has 0 saturated carbocycles. The van der Waals surface area contributed by atoms with Gasteiger partial charge < -0.3 is 5.32 Å². The molecule has 32 heavy (non-hydrogen) atoms. The van der Waals surface area contributed by atoms with Gasteiger partial charge in [-0.25, -0.2) is 15.0 Å². The van der Waals surface area contributed by atoms with Crippen LogP contribution in [0.15, 0.2) is 67.1 Å². The monoisotopic (exact) mass is 425 g/mol. The molecule has 0 fully saturated rings. The van der Waals surface area contributed by atoms with Crippen LogP contribution in [-0.4, -0.2) is 40.5 Å². The van der Waals surface area contributed by atoms with E-state index in [1.165, 1.54) is 5.01 Å². The average molecular weight is 425 g/mol. The fourth-order valence-electron chi connectivity index (χ4n) is 3.31. The van der Waals surface area contributed by atoms with Crippen molar-refractivity contribution < 1.29 is 9.59 Å². The number of nitrogens with one attached hydrogen (secondary N) is 2. The molecule has 158 valence electrons. The highest BCUT2D eigenvalue weighted by molar-refractivity contribution is 6.06. The van der Waals surface area contributed by atoms with Gasteiger partial charge in [0.15, 0.2) is 0 Å². The number of nitriles is 1. The summed E-state index contributed by atoms with van der Waals surface area (Å²) < 4.78 is 1.67. The van der Waals surface area contributed by atoms with Gasteiger partial charge in [-0.3, -0.25) is 14.6 Å². The molecule has 0 bridgehead atoms. The summed E-state index contributed by atoms with van der Waals surface area (Å²) in [4.78, 5) is 29.2. The van der Waals surface area contributed by atoms with Crippen LogP contribution < -0.4 is 15.8 Å². The van der Waals surface area contributed by atoms with Crippen LogP contribution in [0.4, 0.5) is 5.69 Å². The number of amides is 2. The summed E-state index contributed by atoms with van der Waals surface area (Å²) in [5, 5.41) is 17.3. The van der Waals surface area contributed by atoms with Crippen molar-refractivity contribution in [1.29, 1.82) is 5.26 Å². The second kappa shape index (κ2) is 8.67. The minimum absolute atomic E-state index is 0.264. The second-order valence-corrected chi connectivity index (χ2v) is 6.84. The third-order valence-electron chi connectivity index (χ3n) is 4.98. The van der Waals surface area contributed by atoms with Crippen LogP contribution in [0.1, 0.15) is 26.4 Å². The molecule has 0 aliphatic carbocycles. The number of carbonyl (C=O) groups excluding carboxylic acids is 2. The van der Waals surface area contributed by atoms with Gasteiger partial charge in [-0.15, -0.1) is 0 Å². The third-order valence-corrected chi connectivity index (χ3v) is 4.98. The summed E-state index contributed by atoms with van der Waals surface area (Å²) in [6.45, 7) is 0. The molecule has 0 saturated heterocycles. The van der Waals surface area contributed by atoms with Gasteiger partial charge in [0.1, 0.15) is 5.69 Å². The average Bonchev–Trinajstić information content (AvgIpc) is 3.27. The molecule has 0 aliphatic heterocycles. The molecule has 0 unspecified atom stereocenters. The third kappa shape index (κ3) is 3.78. The molecular weight excluding hydrogens is 406 g/mol. The van der Waals surface area contributed by atoms with Gasteiger partial charge >= 0.3 is 0 Å². The number of hydrazine groups is 1. The molecule has 2 amide bonds. The minimum Gasteiger partial charge on any atom is -0.354 e. The highest BCUT2D eigenvalue weighted by atomic mass is 16.2. The Labute approximate surface area is 183 Å². The Hall–Kier alpha value is -4.55. The van der Waals surface area contributed by atoms with Crippen LogP contribution in [0.25, 0.3) is 16.6 Å². The number of fused-ring (bicyclic) bond motifs is 1. The zero-order valence-electron chi connectivity index (χ0n) is 17.4. The number of benzene rings is 1. The molecule has 9 nitrogen and oxygen atoms in total. The zero-order valence-corrected chi connectivity index (χ0v) is 17.4. The topological polar surface area (TPSA) is 115 Å². The molecule has 4 aromatic rings. The Morgan fingerprint density at radius 3 is 2.47 bits per heavy atom. The number of aromatic nitrogens is 3. The standard InChI is InChI=1S/C23H19N7O2/c1-25-22(31)20-8-5-17(13-27-20)19-14-28-29-10-9-16(11-21(19)29)23(32)30(26-2)18-6-3-15(12-24)4-7-18/h3-11,13-14,26H,1-2H3,(H,25,31). The van der Waals surface area contributed by atoms with E-state index in [4.69, 9.17) is 5.26 Å². The Kier molecular flexibility index (Phi) is 5.61. The van der Waals surface area contributed by atoms with Crippen molar-refractivity contribution >= 4 is 23.0 Å². The van der Waals surface area contributed by atoms with Crippen LogP contribution in [0, 0.1) is 11.3 Å². The maximum absolute atomic E-state index is 13.2. The summed E-state index contributed by atoms with van der Waals surface area (Å²) >= 11 is 0. The summed E-state index contributed by atoms with van der Waals surface area (Å²) in [6.07, 6.45) is 5.01. The molecule has 0 radical (unpaired) electrons. The van der Waals surface area contributed by atoms with Crippen molar-refractivity contribution in [3.63, 3.8) is 0 Å². The Morgan fingerprint density at radius 2 is 1.84 bits per heavy atom. The molecule has 0 aliphatic rings. The molecule has 4 rings (SSSR count). The van der Waals surface area contributed by atoms with E-state index >= 15 is 0 Å².